The predicted octanol–water partition coefficient (Wildman–Crippen LogP) is 6.14. The van der Waals surface area contributed by atoms with Crippen molar-refractivity contribution in [2.75, 3.05) is 47.3 Å². The molecule has 14 heteroatoms. The summed E-state index contributed by atoms with van der Waals surface area (Å²) in [6, 6.07) is 28.8. The Kier molecular flexibility index (Phi) is 14.2. The lowest BCUT2D eigenvalue weighted by atomic mass is 9.79. The lowest BCUT2D eigenvalue weighted by Gasteiger charge is -2.45. The van der Waals surface area contributed by atoms with Crippen LogP contribution in [0.4, 0.5) is 0 Å². The third-order valence-electron chi connectivity index (χ3n) is 9.00. The maximum atomic E-state index is 13.0. The van der Waals surface area contributed by atoms with E-state index in [0.717, 1.165) is 16.7 Å². The molecule has 0 amide bonds. The normalized spacial score (nSPS) is 18.1. The van der Waals surface area contributed by atoms with Crippen molar-refractivity contribution >= 4 is 8.53 Å². The van der Waals surface area contributed by atoms with Gasteiger partial charge in [-0.1, -0.05) is 54.6 Å². The fourth-order valence-corrected chi connectivity index (χ4v) is 8.18. The molecule has 3 aromatic carbocycles. The Morgan fingerprint density at radius 3 is 2.02 bits per heavy atom. The maximum Gasteiger partial charge on any atom is 0.330 e. The van der Waals surface area contributed by atoms with Crippen molar-refractivity contribution in [1.82, 2.24) is 14.2 Å². The number of hydrogen-bond donors (Lipinski definition) is 1. The number of nitriles is 1. The number of aromatic amines is 1. The Labute approximate surface area is 317 Å². The number of methoxy groups -OCH3 is 2. The first-order valence-corrected chi connectivity index (χ1v) is 19.0. The molecule has 0 saturated carbocycles. The second-order valence-electron chi connectivity index (χ2n) is 13.4. The average Bonchev–Trinajstić information content (AvgIpc) is 3.18. The molecule has 1 aromatic heterocycles. The fraction of sp³-hybridized carbons (Fsp3) is 0.425. The van der Waals surface area contributed by atoms with E-state index in [1.807, 2.05) is 78.9 Å². The number of nitrogens with zero attached hydrogens (tertiary/aromatic N) is 3. The number of H-pyrrole nitrogens is 1. The van der Waals surface area contributed by atoms with Crippen LogP contribution in [0, 0.1) is 11.3 Å². The second-order valence-corrected chi connectivity index (χ2v) is 14.9. The lowest BCUT2D eigenvalue weighted by Crippen LogP contribution is -2.55. The summed E-state index contributed by atoms with van der Waals surface area (Å²) in [5.74, 6) is 1.37. The van der Waals surface area contributed by atoms with Gasteiger partial charge in [0, 0.05) is 24.3 Å². The van der Waals surface area contributed by atoms with Crippen LogP contribution in [-0.2, 0) is 28.9 Å². The summed E-state index contributed by atoms with van der Waals surface area (Å²) in [5.41, 5.74) is -1.21. The Morgan fingerprint density at radius 2 is 1.48 bits per heavy atom. The van der Waals surface area contributed by atoms with E-state index in [4.69, 9.17) is 32.7 Å². The fourth-order valence-electron chi connectivity index (χ4n) is 6.49. The van der Waals surface area contributed by atoms with E-state index in [9.17, 15) is 14.9 Å². The lowest BCUT2D eigenvalue weighted by molar-refractivity contribution is -0.259. The molecule has 1 N–H and O–H groups in total. The summed E-state index contributed by atoms with van der Waals surface area (Å²) in [5, 5.41) is 9.28. The molecule has 1 aliphatic heterocycles. The van der Waals surface area contributed by atoms with Crippen molar-refractivity contribution < 1.29 is 32.7 Å². The van der Waals surface area contributed by atoms with E-state index < -0.39 is 37.2 Å². The molecule has 0 radical (unpaired) electrons. The zero-order valence-corrected chi connectivity index (χ0v) is 32.5. The van der Waals surface area contributed by atoms with Crippen molar-refractivity contribution in [3.05, 3.63) is 129 Å². The Bertz CT molecular complexity index is 1870. The summed E-state index contributed by atoms with van der Waals surface area (Å²) in [6.07, 6.45) is 0.647. The molecule has 5 rings (SSSR count). The molecule has 0 aliphatic carbocycles. The van der Waals surface area contributed by atoms with Gasteiger partial charge in [-0.25, -0.2) is 9.46 Å². The number of hydrogen-bond acceptors (Lipinski definition) is 11. The zero-order chi connectivity index (χ0) is 38.7. The summed E-state index contributed by atoms with van der Waals surface area (Å²) >= 11 is 0. The minimum atomic E-state index is -1.68. The van der Waals surface area contributed by atoms with Gasteiger partial charge in [0.25, 0.3) is 14.1 Å². The van der Waals surface area contributed by atoms with Crippen molar-refractivity contribution in [1.29, 1.82) is 5.26 Å². The summed E-state index contributed by atoms with van der Waals surface area (Å²) < 4.78 is 47.7. The van der Waals surface area contributed by atoms with E-state index in [-0.39, 0.29) is 51.5 Å². The second kappa shape index (κ2) is 18.8. The molecule has 0 spiro atoms. The van der Waals surface area contributed by atoms with Crippen molar-refractivity contribution in [3.63, 3.8) is 0 Å². The minimum Gasteiger partial charge on any atom is -0.497 e. The maximum absolute atomic E-state index is 13.0. The van der Waals surface area contributed by atoms with Crippen molar-refractivity contribution in [2.24, 2.45) is 0 Å². The summed E-state index contributed by atoms with van der Waals surface area (Å²) in [4.78, 5) is 27.3. The van der Waals surface area contributed by atoms with Gasteiger partial charge in [0.15, 0.2) is 6.23 Å². The molecule has 4 aromatic rings. The van der Waals surface area contributed by atoms with Gasteiger partial charge in [-0.15, -0.1) is 0 Å². The highest BCUT2D eigenvalue weighted by Crippen LogP contribution is 2.48. The van der Waals surface area contributed by atoms with Gasteiger partial charge >= 0.3 is 5.69 Å². The van der Waals surface area contributed by atoms with Gasteiger partial charge in [0.1, 0.15) is 22.7 Å². The topological polar surface area (TPSA) is 146 Å². The van der Waals surface area contributed by atoms with Crippen LogP contribution in [0.2, 0.25) is 0 Å². The smallest absolute Gasteiger partial charge is 0.330 e. The van der Waals surface area contributed by atoms with E-state index >= 15 is 0 Å². The first-order valence-electron chi connectivity index (χ1n) is 17.8. The largest absolute Gasteiger partial charge is 0.497 e. The Balaban J connectivity index is 1.63. The molecule has 1 unspecified atom stereocenters. The molecule has 1 saturated heterocycles. The molecule has 288 valence electrons. The van der Waals surface area contributed by atoms with E-state index in [2.05, 4.69) is 43.4 Å². The molecular weight excluding hydrogens is 711 g/mol. The molecule has 1 aliphatic rings. The molecular formula is C40H49N4O9P. The number of benzene rings is 3. The molecule has 0 bridgehead atoms. The minimum absolute atomic E-state index is 0.0338. The van der Waals surface area contributed by atoms with Crippen LogP contribution >= 0.6 is 8.53 Å². The van der Waals surface area contributed by atoms with E-state index in [1.165, 1.54) is 16.8 Å². The van der Waals surface area contributed by atoms with Gasteiger partial charge in [0.05, 0.1) is 59.7 Å². The number of aromatic nitrogens is 2. The SMILES string of the molecule is COc1ccc(C(OC[C@@]2(COP(OCCC#N)N(C(C)C)C(C)C)COC[C@H](n3ccc(=O)[nH]c3=O)O2)(c2ccccc2)c2ccc(OC)cc2)cc1. The number of ether oxygens (including phenoxy) is 5. The highest BCUT2D eigenvalue weighted by Gasteiger charge is 2.46. The highest BCUT2D eigenvalue weighted by atomic mass is 31.2. The summed E-state index contributed by atoms with van der Waals surface area (Å²) in [6.45, 7) is 8.34. The third kappa shape index (κ3) is 9.46. The van der Waals surface area contributed by atoms with Gasteiger partial charge in [-0.3, -0.25) is 14.3 Å². The van der Waals surface area contributed by atoms with Gasteiger partial charge in [0.2, 0.25) is 0 Å². The molecule has 3 atom stereocenters. The van der Waals surface area contributed by atoms with Gasteiger partial charge in [-0.05, 0) is 68.7 Å². The van der Waals surface area contributed by atoms with Crippen LogP contribution in [-0.4, -0.2) is 79.2 Å². The quantitative estimate of drug-likeness (QED) is 0.0709. The first-order chi connectivity index (χ1) is 26.1. The Morgan fingerprint density at radius 1 is 0.889 bits per heavy atom. The van der Waals surface area contributed by atoms with E-state index in [1.54, 1.807) is 14.2 Å². The van der Waals surface area contributed by atoms with Crippen LogP contribution in [0.3, 0.4) is 0 Å². The van der Waals surface area contributed by atoms with E-state index in [0.29, 0.717) is 11.5 Å². The summed E-state index contributed by atoms with van der Waals surface area (Å²) in [7, 11) is 1.55. The van der Waals surface area contributed by atoms with Crippen LogP contribution in [0.15, 0.2) is 101 Å². The van der Waals surface area contributed by atoms with Gasteiger partial charge < -0.3 is 32.7 Å². The number of rotatable bonds is 18. The molecule has 13 nitrogen and oxygen atoms in total. The average molecular weight is 761 g/mol. The van der Waals surface area contributed by atoms with Crippen LogP contribution in [0.25, 0.3) is 0 Å². The monoisotopic (exact) mass is 760 g/mol. The Hall–Kier alpha value is -4.38. The zero-order valence-electron chi connectivity index (χ0n) is 31.6. The van der Waals surface area contributed by atoms with Crippen molar-refractivity contribution in [2.45, 2.75) is 63.6 Å². The standard InChI is InChI=1S/C40H49N4O9P/c1-29(2)44(30(3)4)54(51-24-10-22-41)52-28-39(26-49-25-37(53-39)43-23-21-36(45)42-38(43)46)27-50-40(31-11-8-7-9-12-31,32-13-17-34(47-5)18-14-32)33-15-19-35(48-6)20-16-33/h7-9,11-21,23,29-30,37H,10,24-28H2,1-6H3,(H,42,45,46)/t37-,39-,54?/m1/s1. The predicted molar refractivity (Wildman–Crippen MR) is 204 cm³/mol. The molecule has 54 heavy (non-hydrogen) atoms. The van der Waals surface area contributed by atoms with Crippen LogP contribution in [0.1, 0.15) is 57.0 Å². The molecule has 1 fully saturated rings. The van der Waals surface area contributed by atoms with Crippen molar-refractivity contribution in [3.8, 4) is 17.6 Å². The molecule has 2 heterocycles. The third-order valence-corrected chi connectivity index (χ3v) is 11.1. The number of nitrogens with one attached hydrogen (secondary N) is 1. The van der Waals surface area contributed by atoms with Crippen LogP contribution in [0.5, 0.6) is 11.5 Å². The highest BCUT2D eigenvalue weighted by molar-refractivity contribution is 7.44. The first kappa shape index (κ1) is 40.8. The van der Waals surface area contributed by atoms with Gasteiger partial charge in [-0.2, -0.15) is 5.26 Å². The van der Waals surface area contributed by atoms with Crippen LogP contribution < -0.4 is 20.7 Å².